The molecule has 12 aromatic carbocycles. The molecule has 0 saturated heterocycles. The summed E-state index contributed by atoms with van der Waals surface area (Å²) in [5, 5.41) is 18.5. The highest BCUT2D eigenvalue weighted by Crippen LogP contribution is 2.51. The number of benzene rings is 10. The zero-order valence-electron chi connectivity index (χ0n) is 41.3. The molecule has 0 bridgehead atoms. The Hall–Kier alpha value is -7.42. The lowest BCUT2D eigenvalue weighted by Gasteiger charge is -2.27. The first kappa shape index (κ1) is 42.0. The van der Waals surface area contributed by atoms with Crippen molar-refractivity contribution in [2.24, 2.45) is 0 Å². The Morgan fingerprint density at radius 3 is 0.897 bits per heavy atom. The maximum atomic E-state index is 2.53. The summed E-state index contributed by atoms with van der Waals surface area (Å²) in [6.45, 7) is 24.7. The van der Waals surface area contributed by atoms with Gasteiger partial charge in [-0.15, -0.1) is 0 Å². The zero-order chi connectivity index (χ0) is 47.1. The van der Waals surface area contributed by atoms with Crippen molar-refractivity contribution >= 4 is 110 Å². The van der Waals surface area contributed by atoms with Crippen LogP contribution in [0.25, 0.3) is 75.4 Å². The molecule has 332 valence electrons. The Labute approximate surface area is 400 Å². The van der Waals surface area contributed by atoms with Crippen molar-refractivity contribution in [3.05, 3.63) is 202 Å². The number of nitrogens with zero attached hydrogens (tertiary/aromatic N) is 2. The normalized spacial score (nSPS) is 12.3. The van der Waals surface area contributed by atoms with E-state index in [0.29, 0.717) is 0 Å². The SMILES string of the molecule is Cc1cc(C)cc(N(c2cc(C)cc(C)c2)c2ccc3c(c2)c2cccc4c5cc6c7ccc(N(c8cc(C)cc(C)c8)c8cc(C)cc(C)c8)cc7c7cc(C(C)(C)C)cc(c5cc3c24)c76)c1. The lowest BCUT2D eigenvalue weighted by atomic mass is 9.83. The number of hydrogen-bond donors (Lipinski definition) is 0. The fraction of sp³-hybridized carbons (Fsp3) is 0.182. The third-order valence-corrected chi connectivity index (χ3v) is 14.6. The second-order valence-electron chi connectivity index (χ2n) is 21.4. The van der Waals surface area contributed by atoms with E-state index in [1.165, 1.54) is 160 Å². The van der Waals surface area contributed by atoms with E-state index < -0.39 is 0 Å². The van der Waals surface area contributed by atoms with Crippen molar-refractivity contribution < 1.29 is 0 Å². The summed E-state index contributed by atoms with van der Waals surface area (Å²) in [6.07, 6.45) is 0. The van der Waals surface area contributed by atoms with Crippen LogP contribution in [0.15, 0.2) is 152 Å². The molecule has 0 radical (unpaired) electrons. The van der Waals surface area contributed by atoms with Gasteiger partial charge in [0.2, 0.25) is 0 Å². The highest BCUT2D eigenvalue weighted by Gasteiger charge is 2.25. The van der Waals surface area contributed by atoms with Crippen LogP contribution in [0, 0.1) is 55.4 Å². The van der Waals surface area contributed by atoms with Crippen molar-refractivity contribution in [2.45, 2.75) is 81.6 Å². The molecule has 0 aliphatic heterocycles. The van der Waals surface area contributed by atoms with Gasteiger partial charge < -0.3 is 9.80 Å². The molecule has 0 atom stereocenters. The zero-order valence-corrected chi connectivity index (χ0v) is 41.3. The molecule has 2 heteroatoms. The maximum Gasteiger partial charge on any atom is 0.0468 e. The lowest BCUT2D eigenvalue weighted by molar-refractivity contribution is 0.592. The highest BCUT2D eigenvalue weighted by atomic mass is 15.1. The molecule has 0 aliphatic rings. The summed E-state index contributed by atoms with van der Waals surface area (Å²) >= 11 is 0. The Balaban J connectivity index is 1.12. The van der Waals surface area contributed by atoms with E-state index in [0.717, 1.165) is 0 Å². The molecule has 12 rings (SSSR count). The molecule has 0 fully saturated rings. The summed E-state index contributed by atoms with van der Waals surface area (Å²) in [4.78, 5) is 4.91. The summed E-state index contributed by atoms with van der Waals surface area (Å²) in [5.74, 6) is 0. The predicted molar refractivity (Wildman–Crippen MR) is 297 cm³/mol. The minimum absolute atomic E-state index is 0.0566. The van der Waals surface area contributed by atoms with Crippen LogP contribution in [0.4, 0.5) is 34.1 Å². The van der Waals surface area contributed by atoms with Gasteiger partial charge in [-0.2, -0.15) is 0 Å². The lowest BCUT2D eigenvalue weighted by Crippen LogP contribution is -2.11. The summed E-state index contributed by atoms with van der Waals surface area (Å²) < 4.78 is 0. The molecular formula is C66H58N2. The van der Waals surface area contributed by atoms with Crippen molar-refractivity contribution in [1.29, 1.82) is 0 Å². The Bertz CT molecular complexity index is 3860. The minimum atomic E-state index is -0.0566. The summed E-state index contributed by atoms with van der Waals surface area (Å²) in [6, 6.07) is 59.1. The van der Waals surface area contributed by atoms with Crippen LogP contribution < -0.4 is 9.80 Å². The van der Waals surface area contributed by atoms with Gasteiger partial charge in [0.05, 0.1) is 0 Å². The van der Waals surface area contributed by atoms with Gasteiger partial charge in [-0.25, -0.2) is 0 Å². The van der Waals surface area contributed by atoms with Gasteiger partial charge in [0.1, 0.15) is 0 Å². The van der Waals surface area contributed by atoms with E-state index in [-0.39, 0.29) is 5.41 Å². The maximum absolute atomic E-state index is 2.53. The average molecular weight is 879 g/mol. The van der Waals surface area contributed by atoms with Gasteiger partial charge in [0.25, 0.3) is 0 Å². The molecule has 0 amide bonds. The van der Waals surface area contributed by atoms with Crippen molar-refractivity contribution in [1.82, 2.24) is 0 Å². The summed E-state index contributed by atoms with van der Waals surface area (Å²) in [5.41, 5.74) is 18.4. The molecule has 12 aromatic rings. The number of anilines is 6. The smallest absolute Gasteiger partial charge is 0.0468 e. The largest absolute Gasteiger partial charge is 0.310 e. The van der Waals surface area contributed by atoms with Gasteiger partial charge in [0, 0.05) is 34.1 Å². The fourth-order valence-electron chi connectivity index (χ4n) is 12.0. The average Bonchev–Trinajstić information content (AvgIpc) is 3.75. The molecule has 0 N–H and O–H groups in total. The van der Waals surface area contributed by atoms with Gasteiger partial charge in [-0.05, 0) is 283 Å². The molecule has 68 heavy (non-hydrogen) atoms. The topological polar surface area (TPSA) is 6.48 Å². The van der Waals surface area contributed by atoms with Crippen molar-refractivity contribution in [3.8, 4) is 0 Å². The third-order valence-electron chi connectivity index (χ3n) is 14.6. The first-order valence-electron chi connectivity index (χ1n) is 24.3. The van der Waals surface area contributed by atoms with E-state index in [9.17, 15) is 0 Å². The second-order valence-corrected chi connectivity index (χ2v) is 21.4. The second kappa shape index (κ2) is 15.0. The van der Waals surface area contributed by atoms with Gasteiger partial charge >= 0.3 is 0 Å². The van der Waals surface area contributed by atoms with E-state index in [1.807, 2.05) is 0 Å². The molecule has 0 spiro atoms. The first-order valence-corrected chi connectivity index (χ1v) is 24.3. The van der Waals surface area contributed by atoms with Gasteiger partial charge in [-0.1, -0.05) is 75.4 Å². The highest BCUT2D eigenvalue weighted by molar-refractivity contribution is 6.41. The summed E-state index contributed by atoms with van der Waals surface area (Å²) in [7, 11) is 0. The van der Waals surface area contributed by atoms with Gasteiger partial charge in [-0.3, -0.25) is 0 Å². The number of hydrogen-bond acceptors (Lipinski definition) is 2. The Kier molecular flexibility index (Phi) is 9.29. The number of rotatable bonds is 6. The number of aryl methyl sites for hydroxylation is 8. The predicted octanol–water partition coefficient (Wildman–Crippen LogP) is 19.3. The minimum Gasteiger partial charge on any atom is -0.310 e. The quantitative estimate of drug-likeness (QED) is 0.154. The molecule has 0 unspecified atom stereocenters. The first-order chi connectivity index (χ1) is 32.6. The molecule has 0 aromatic heterocycles. The van der Waals surface area contributed by atoms with E-state index >= 15 is 0 Å². The molecule has 0 aliphatic carbocycles. The van der Waals surface area contributed by atoms with Crippen molar-refractivity contribution in [3.63, 3.8) is 0 Å². The van der Waals surface area contributed by atoms with Crippen LogP contribution in [0.5, 0.6) is 0 Å². The molecule has 0 heterocycles. The standard InChI is InChI=1S/C66H58N2/c1-37-19-38(2)24-48(23-37)67(49-25-39(3)20-40(4)26-49)46-15-17-52-56(33-46)54-13-12-14-55-58-35-63-53-18-16-47(68(50-27-41(5)21-42(6)28-50)51-29-43(7)22-44(8)30-51)34-57(53)60-31-45(66(9,10)11)32-61(65(60)63)59(58)36-62(52)64(54)55/h12-36H,1-11H3. The van der Waals surface area contributed by atoms with Crippen LogP contribution in [-0.4, -0.2) is 0 Å². The van der Waals surface area contributed by atoms with Crippen LogP contribution in [-0.2, 0) is 5.41 Å². The van der Waals surface area contributed by atoms with Crippen molar-refractivity contribution in [2.75, 3.05) is 9.80 Å². The van der Waals surface area contributed by atoms with E-state index in [4.69, 9.17) is 0 Å². The van der Waals surface area contributed by atoms with Crippen LogP contribution in [0.1, 0.15) is 70.8 Å². The molecular weight excluding hydrogens is 821 g/mol. The monoisotopic (exact) mass is 878 g/mol. The molecule has 0 saturated carbocycles. The van der Waals surface area contributed by atoms with Gasteiger partial charge in [0.15, 0.2) is 0 Å². The number of fused-ring (bicyclic) bond motifs is 9. The Morgan fingerprint density at radius 2 is 0.544 bits per heavy atom. The Morgan fingerprint density at radius 1 is 0.250 bits per heavy atom. The fourth-order valence-corrected chi connectivity index (χ4v) is 12.0. The van der Waals surface area contributed by atoms with E-state index in [1.54, 1.807) is 0 Å². The van der Waals surface area contributed by atoms with E-state index in [2.05, 4.69) is 238 Å². The third kappa shape index (κ3) is 6.67. The molecule has 2 nitrogen and oxygen atoms in total. The van der Waals surface area contributed by atoms with Crippen LogP contribution in [0.3, 0.4) is 0 Å². The van der Waals surface area contributed by atoms with Crippen LogP contribution >= 0.6 is 0 Å². The van der Waals surface area contributed by atoms with Crippen LogP contribution in [0.2, 0.25) is 0 Å².